The van der Waals surface area contributed by atoms with Gasteiger partial charge in [0.15, 0.2) is 0 Å². The fourth-order valence-corrected chi connectivity index (χ4v) is 5.53. The number of nitrogens with zero attached hydrogens (tertiary/aromatic N) is 5. The van der Waals surface area contributed by atoms with Gasteiger partial charge in [0.25, 0.3) is 5.91 Å². The van der Waals surface area contributed by atoms with E-state index in [-0.39, 0.29) is 11.8 Å². The molecule has 0 saturated carbocycles. The van der Waals surface area contributed by atoms with Gasteiger partial charge in [-0.05, 0) is 48.7 Å². The zero-order chi connectivity index (χ0) is 24.0. The second kappa shape index (κ2) is 8.42. The molecule has 0 aliphatic carbocycles. The minimum Gasteiger partial charge on any atom is -0.339 e. The quantitative estimate of drug-likeness (QED) is 0.608. The van der Waals surface area contributed by atoms with Crippen LogP contribution >= 0.6 is 0 Å². The Morgan fingerprint density at radius 1 is 1.11 bits per heavy atom. The third kappa shape index (κ3) is 3.63. The molecule has 0 atom stereocenters. The van der Waals surface area contributed by atoms with E-state index in [0.29, 0.717) is 51.3 Å². The van der Waals surface area contributed by atoms with Gasteiger partial charge in [0, 0.05) is 50.3 Å². The van der Waals surface area contributed by atoms with Crippen LogP contribution in [0, 0.1) is 0 Å². The Bertz CT molecular complexity index is 1260. The standard InChI is InChI=1S/C26H29N7O2/c1-30-14-11-27-23(30)17-32-18-33(21-5-3-2-4-6-21)26(25(32)35)9-12-31(13-10-26)24(34)19-7-8-22-20(15-19)16-28-29-22/h2-8,11,14-15,28-29H,9-10,12-13,16-18H2,1H3. The fourth-order valence-electron chi connectivity index (χ4n) is 5.53. The van der Waals surface area contributed by atoms with Crippen molar-refractivity contribution in [3.8, 4) is 0 Å². The van der Waals surface area contributed by atoms with Crippen molar-refractivity contribution in [2.24, 2.45) is 7.05 Å². The predicted molar refractivity (Wildman–Crippen MR) is 132 cm³/mol. The summed E-state index contributed by atoms with van der Waals surface area (Å²) in [6, 6.07) is 15.9. The molecule has 0 bridgehead atoms. The molecule has 2 saturated heterocycles. The first kappa shape index (κ1) is 21.7. The van der Waals surface area contributed by atoms with Crippen molar-refractivity contribution in [1.82, 2.24) is 24.8 Å². The zero-order valence-corrected chi connectivity index (χ0v) is 19.8. The number of fused-ring (bicyclic) bond motifs is 1. The second-order valence-corrected chi connectivity index (χ2v) is 9.54. The number of carbonyl (C=O) groups is 2. The molecule has 9 nitrogen and oxygen atoms in total. The number of aromatic nitrogens is 2. The topological polar surface area (TPSA) is 85.7 Å². The van der Waals surface area contributed by atoms with Crippen molar-refractivity contribution in [2.75, 3.05) is 30.1 Å². The first-order valence-corrected chi connectivity index (χ1v) is 12.0. The van der Waals surface area contributed by atoms with Gasteiger partial charge in [0.2, 0.25) is 5.91 Å². The Morgan fingerprint density at radius 3 is 2.66 bits per heavy atom. The highest BCUT2D eigenvalue weighted by Crippen LogP contribution is 2.40. The normalized spacial score (nSPS) is 18.8. The van der Waals surface area contributed by atoms with Crippen LogP contribution < -0.4 is 15.8 Å². The molecule has 3 aliphatic rings. The monoisotopic (exact) mass is 471 g/mol. The SMILES string of the molecule is Cn1ccnc1CN1CN(c2ccccc2)C2(CCN(C(=O)c3ccc4c(c3)CNN4)CC2)C1=O. The van der Waals surface area contributed by atoms with E-state index < -0.39 is 5.54 Å². The van der Waals surface area contributed by atoms with Gasteiger partial charge in [0.1, 0.15) is 11.4 Å². The van der Waals surface area contributed by atoms with Crippen LogP contribution in [0.15, 0.2) is 60.9 Å². The van der Waals surface area contributed by atoms with Crippen LogP contribution in [0.4, 0.5) is 11.4 Å². The number of carbonyl (C=O) groups excluding carboxylic acids is 2. The lowest BCUT2D eigenvalue weighted by Crippen LogP contribution is -2.57. The number of amides is 2. The Labute approximate surface area is 204 Å². The van der Waals surface area contributed by atoms with Crippen LogP contribution in [0.25, 0.3) is 0 Å². The summed E-state index contributed by atoms with van der Waals surface area (Å²) in [6.07, 6.45) is 4.85. The summed E-state index contributed by atoms with van der Waals surface area (Å²) in [6.45, 7) is 2.75. The number of likely N-dealkylation sites (tertiary alicyclic amines) is 1. The van der Waals surface area contributed by atoms with Crippen molar-refractivity contribution in [3.05, 3.63) is 77.9 Å². The van der Waals surface area contributed by atoms with Gasteiger partial charge >= 0.3 is 0 Å². The Balaban J connectivity index is 1.24. The molecule has 6 rings (SSSR count). The first-order chi connectivity index (χ1) is 17.0. The van der Waals surface area contributed by atoms with E-state index >= 15 is 0 Å². The molecule has 0 unspecified atom stereocenters. The van der Waals surface area contributed by atoms with Gasteiger partial charge in [-0.3, -0.25) is 9.59 Å². The summed E-state index contributed by atoms with van der Waals surface area (Å²) in [5.41, 5.74) is 9.36. The summed E-state index contributed by atoms with van der Waals surface area (Å²) in [7, 11) is 1.95. The van der Waals surface area contributed by atoms with Crippen LogP contribution in [0.1, 0.15) is 34.6 Å². The highest BCUT2D eigenvalue weighted by molar-refractivity contribution is 5.97. The molecular weight excluding hydrogens is 442 g/mol. The van der Waals surface area contributed by atoms with Gasteiger partial charge in [0.05, 0.1) is 18.9 Å². The van der Waals surface area contributed by atoms with Gasteiger partial charge in [-0.2, -0.15) is 0 Å². The van der Waals surface area contributed by atoms with Crippen molar-refractivity contribution in [2.45, 2.75) is 31.5 Å². The number of para-hydroxylation sites is 1. The number of hydrazine groups is 1. The number of imidazole rings is 1. The first-order valence-electron chi connectivity index (χ1n) is 12.0. The number of piperidine rings is 1. The molecule has 180 valence electrons. The molecule has 3 aromatic rings. The minimum atomic E-state index is -0.658. The molecule has 1 spiro atoms. The molecule has 2 fully saturated rings. The van der Waals surface area contributed by atoms with Crippen LogP contribution in [-0.2, 0) is 24.9 Å². The highest BCUT2D eigenvalue weighted by atomic mass is 16.2. The molecule has 4 heterocycles. The number of benzene rings is 2. The summed E-state index contributed by atoms with van der Waals surface area (Å²) in [5, 5.41) is 0. The number of anilines is 2. The Kier molecular flexibility index (Phi) is 5.21. The van der Waals surface area contributed by atoms with Gasteiger partial charge in [-0.25, -0.2) is 10.4 Å². The van der Waals surface area contributed by atoms with E-state index in [1.807, 2.05) is 64.0 Å². The third-order valence-electron chi connectivity index (χ3n) is 7.57. The summed E-state index contributed by atoms with van der Waals surface area (Å²) < 4.78 is 1.95. The largest absolute Gasteiger partial charge is 0.339 e. The zero-order valence-electron chi connectivity index (χ0n) is 19.8. The number of nitrogens with one attached hydrogen (secondary N) is 2. The molecule has 0 radical (unpaired) electrons. The molecular formula is C26H29N7O2. The lowest BCUT2D eigenvalue weighted by atomic mass is 9.85. The third-order valence-corrected chi connectivity index (χ3v) is 7.57. The molecule has 9 heteroatoms. The van der Waals surface area contributed by atoms with Gasteiger partial charge < -0.3 is 24.7 Å². The number of hydrogen-bond donors (Lipinski definition) is 2. The maximum atomic E-state index is 13.9. The van der Waals surface area contributed by atoms with Crippen LogP contribution in [0.2, 0.25) is 0 Å². The summed E-state index contributed by atoms with van der Waals surface area (Å²) >= 11 is 0. The fraction of sp³-hybridized carbons (Fsp3) is 0.346. The second-order valence-electron chi connectivity index (χ2n) is 9.54. The lowest BCUT2D eigenvalue weighted by molar-refractivity contribution is -0.134. The van der Waals surface area contributed by atoms with E-state index in [4.69, 9.17) is 0 Å². The molecule has 1 aromatic heterocycles. The molecule has 2 aromatic carbocycles. The van der Waals surface area contributed by atoms with E-state index in [1.54, 1.807) is 6.20 Å². The smallest absolute Gasteiger partial charge is 0.253 e. The molecule has 3 aliphatic heterocycles. The summed E-state index contributed by atoms with van der Waals surface area (Å²) in [5.74, 6) is 0.999. The van der Waals surface area contributed by atoms with E-state index in [2.05, 4.69) is 32.9 Å². The van der Waals surface area contributed by atoms with Crippen LogP contribution in [0.5, 0.6) is 0 Å². The highest BCUT2D eigenvalue weighted by Gasteiger charge is 2.54. The van der Waals surface area contributed by atoms with Crippen LogP contribution in [-0.4, -0.2) is 56.5 Å². The van der Waals surface area contributed by atoms with Crippen LogP contribution in [0.3, 0.4) is 0 Å². The van der Waals surface area contributed by atoms with Crippen molar-refractivity contribution < 1.29 is 9.59 Å². The summed E-state index contributed by atoms with van der Waals surface area (Å²) in [4.78, 5) is 37.7. The van der Waals surface area contributed by atoms with E-state index in [1.165, 1.54) is 0 Å². The van der Waals surface area contributed by atoms with Gasteiger partial charge in [-0.1, -0.05) is 18.2 Å². The number of aryl methyl sites for hydroxylation is 1. The van der Waals surface area contributed by atoms with Gasteiger partial charge in [-0.15, -0.1) is 0 Å². The Morgan fingerprint density at radius 2 is 1.91 bits per heavy atom. The lowest BCUT2D eigenvalue weighted by Gasteiger charge is -2.43. The maximum Gasteiger partial charge on any atom is 0.253 e. The molecule has 35 heavy (non-hydrogen) atoms. The number of hydrogen-bond acceptors (Lipinski definition) is 6. The number of rotatable bonds is 4. The Hall–Kier alpha value is -3.85. The van der Waals surface area contributed by atoms with E-state index in [9.17, 15) is 9.59 Å². The maximum absolute atomic E-state index is 13.9. The predicted octanol–water partition coefficient (Wildman–Crippen LogP) is 2.33. The average Bonchev–Trinajstić information content (AvgIpc) is 3.59. The molecule has 2 N–H and O–H groups in total. The van der Waals surface area contributed by atoms with Crippen molar-refractivity contribution >= 4 is 23.2 Å². The van der Waals surface area contributed by atoms with E-state index in [0.717, 1.165) is 22.8 Å². The van der Waals surface area contributed by atoms with Crippen molar-refractivity contribution in [1.29, 1.82) is 0 Å². The minimum absolute atomic E-state index is 0.0242. The average molecular weight is 472 g/mol. The molecule has 2 amide bonds. The van der Waals surface area contributed by atoms with Crippen molar-refractivity contribution in [3.63, 3.8) is 0 Å².